The van der Waals surface area contributed by atoms with Crippen molar-refractivity contribution in [2.45, 2.75) is 45.3 Å². The first-order chi connectivity index (χ1) is 21.5. The lowest BCUT2D eigenvalue weighted by molar-refractivity contribution is -0.128. The lowest BCUT2D eigenvalue weighted by Crippen LogP contribution is -2.56. The van der Waals surface area contributed by atoms with E-state index in [1.54, 1.807) is 4.90 Å². The summed E-state index contributed by atoms with van der Waals surface area (Å²) < 4.78 is 19.0. The van der Waals surface area contributed by atoms with Gasteiger partial charge in [-0.15, -0.1) is 0 Å². The van der Waals surface area contributed by atoms with E-state index in [4.69, 9.17) is 32.9 Å². The molecule has 0 saturated carbocycles. The van der Waals surface area contributed by atoms with Crippen molar-refractivity contribution in [3.8, 4) is 6.01 Å². The monoisotopic (exact) mass is 701 g/mol. The van der Waals surface area contributed by atoms with Crippen LogP contribution in [0.2, 0.25) is 5.02 Å². The van der Waals surface area contributed by atoms with Gasteiger partial charge in [0.05, 0.1) is 17.3 Å². The van der Waals surface area contributed by atoms with Gasteiger partial charge in [0, 0.05) is 54.9 Å². The number of carbonyl (C=O) groups is 1. The molecule has 2 saturated heterocycles. The number of halogens is 2. The molecule has 3 aliphatic heterocycles. The summed E-state index contributed by atoms with van der Waals surface area (Å²) in [6.45, 7) is 11.3. The standard InChI is InChI=1S/C33H37ClFN7O2.CH4.2H2S/c1-36-19-25-20-41(17-18-42(25)30(43)12-5-14-35)32-26-13-16-40(29-11-4-8-23-7-3-10-27(34)31(23)29)21-28(26)37-33(38-32)44-22-24-9-6-15-39(24)2;;;/h3-5,7-8,10-12,24-25H,6,9,13-22H2,2H3;1H4;2*1H2/b12-5+;;;/t24-,25-;;;/m0.../s1. The molecular formula is C34H45ClFN7O2S2. The predicted octanol–water partition coefficient (Wildman–Crippen LogP) is 5.64. The van der Waals surface area contributed by atoms with Crippen molar-refractivity contribution in [1.29, 1.82) is 0 Å². The first-order valence-electron chi connectivity index (χ1n) is 15.2. The smallest absolute Gasteiger partial charge is 0.318 e. The van der Waals surface area contributed by atoms with Gasteiger partial charge in [-0.05, 0) is 56.4 Å². The Morgan fingerprint density at radius 2 is 1.89 bits per heavy atom. The molecule has 1 aromatic heterocycles. The zero-order valence-corrected chi connectivity index (χ0v) is 28.7. The number of amides is 1. The first kappa shape index (κ1) is 38.2. The largest absolute Gasteiger partial charge is 0.462 e. The fourth-order valence-corrected chi connectivity index (χ4v) is 6.94. The highest BCUT2D eigenvalue weighted by Gasteiger charge is 2.35. The van der Waals surface area contributed by atoms with Crippen molar-refractivity contribution in [2.24, 2.45) is 0 Å². The maximum Gasteiger partial charge on any atom is 0.318 e. The van der Waals surface area contributed by atoms with E-state index in [9.17, 15) is 9.18 Å². The number of nitrogens with zero attached hydrogens (tertiary/aromatic N) is 7. The van der Waals surface area contributed by atoms with Gasteiger partial charge in [0.1, 0.15) is 25.1 Å². The highest BCUT2D eigenvalue weighted by atomic mass is 35.5. The molecule has 3 aromatic rings. The summed E-state index contributed by atoms with van der Waals surface area (Å²) in [4.78, 5) is 34.8. The van der Waals surface area contributed by atoms with Crippen molar-refractivity contribution in [2.75, 3.05) is 69.4 Å². The van der Waals surface area contributed by atoms with Gasteiger partial charge in [0.15, 0.2) is 0 Å². The zero-order valence-electron chi connectivity index (χ0n) is 26.0. The third-order valence-corrected chi connectivity index (χ3v) is 9.30. The Morgan fingerprint density at radius 1 is 1.11 bits per heavy atom. The van der Waals surface area contributed by atoms with Crippen molar-refractivity contribution in [3.05, 3.63) is 76.2 Å². The van der Waals surface area contributed by atoms with Crippen molar-refractivity contribution in [3.63, 3.8) is 0 Å². The number of benzene rings is 2. The molecule has 4 heterocycles. The second kappa shape index (κ2) is 17.2. The Kier molecular flexibility index (Phi) is 14.0. The Morgan fingerprint density at radius 3 is 2.62 bits per heavy atom. The number of hydrogen-bond acceptors (Lipinski definition) is 7. The Hall–Kier alpha value is -3.24. The van der Waals surface area contributed by atoms with E-state index in [0.717, 1.165) is 70.9 Å². The van der Waals surface area contributed by atoms with Crippen LogP contribution in [0.5, 0.6) is 6.01 Å². The van der Waals surface area contributed by atoms with Crippen LogP contribution in [-0.2, 0) is 17.8 Å². The van der Waals surface area contributed by atoms with Gasteiger partial charge in [0.2, 0.25) is 12.5 Å². The maximum absolute atomic E-state index is 12.8. The maximum atomic E-state index is 12.8. The Balaban J connectivity index is 0.00000200. The van der Waals surface area contributed by atoms with Gasteiger partial charge in [-0.2, -0.15) is 37.0 Å². The molecular weight excluding hydrogens is 657 g/mol. The van der Waals surface area contributed by atoms with Gasteiger partial charge in [-0.1, -0.05) is 43.3 Å². The number of aromatic nitrogens is 2. The average molecular weight is 702 g/mol. The SMILES string of the molecule is C.S.S.[C-]#[N+]C[C@H]1CN(c2nc(OC[C@@H]3CCCN3C)nc3c2CCN(c2cccc4cccc(Cl)c24)C3)CCN1C(=O)/C=C/CF. The fourth-order valence-electron chi connectivity index (χ4n) is 6.66. The third-order valence-electron chi connectivity index (χ3n) is 8.99. The molecule has 13 heteroatoms. The van der Waals surface area contributed by atoms with Crippen LogP contribution < -0.4 is 14.5 Å². The van der Waals surface area contributed by atoms with E-state index < -0.39 is 6.67 Å². The molecule has 254 valence electrons. The van der Waals surface area contributed by atoms with Gasteiger partial charge in [-0.25, -0.2) is 11.0 Å². The quantitative estimate of drug-likeness (QED) is 0.223. The van der Waals surface area contributed by atoms with Crippen LogP contribution >= 0.6 is 38.6 Å². The molecule has 0 aliphatic carbocycles. The Labute approximate surface area is 296 Å². The van der Waals surface area contributed by atoms with Crippen LogP contribution in [0.4, 0.5) is 15.9 Å². The summed E-state index contributed by atoms with van der Waals surface area (Å²) in [5, 5.41) is 2.84. The molecule has 2 atom stereocenters. The van der Waals surface area contributed by atoms with Crippen LogP contribution in [0.15, 0.2) is 48.6 Å². The van der Waals surface area contributed by atoms with Crippen LogP contribution in [0.3, 0.4) is 0 Å². The lowest BCUT2D eigenvalue weighted by atomic mass is 10.0. The molecule has 0 spiro atoms. The molecule has 3 aliphatic rings. The van der Waals surface area contributed by atoms with Crippen LogP contribution in [-0.4, -0.2) is 97.4 Å². The van der Waals surface area contributed by atoms with Crippen molar-refractivity contribution < 1.29 is 13.9 Å². The number of likely N-dealkylation sites (N-methyl/N-ethyl adjacent to an activating group) is 1. The number of alkyl halides is 1. The summed E-state index contributed by atoms with van der Waals surface area (Å²) >= 11 is 6.70. The summed E-state index contributed by atoms with van der Waals surface area (Å²) in [5.41, 5.74) is 3.04. The number of likely N-dealkylation sites (tertiary alicyclic amines) is 1. The highest BCUT2D eigenvalue weighted by molar-refractivity contribution is 7.59. The molecule has 0 N–H and O–H groups in total. The molecule has 0 bridgehead atoms. The number of ether oxygens (including phenoxy) is 1. The molecule has 0 radical (unpaired) electrons. The minimum absolute atomic E-state index is 0. The molecule has 2 fully saturated rings. The number of fused-ring (bicyclic) bond motifs is 2. The minimum atomic E-state index is -0.701. The number of rotatable bonds is 8. The second-order valence-corrected chi connectivity index (χ2v) is 12.1. The number of carbonyl (C=O) groups excluding carboxylic acids is 1. The highest BCUT2D eigenvalue weighted by Crippen LogP contribution is 2.37. The minimum Gasteiger partial charge on any atom is -0.462 e. The summed E-state index contributed by atoms with van der Waals surface area (Å²) in [5.74, 6) is 0.538. The van der Waals surface area contributed by atoms with E-state index in [1.807, 2.05) is 12.1 Å². The van der Waals surface area contributed by atoms with Gasteiger partial charge >= 0.3 is 6.01 Å². The molecule has 6 rings (SSSR count). The average Bonchev–Trinajstić information content (AvgIpc) is 3.46. The summed E-state index contributed by atoms with van der Waals surface area (Å²) in [6.07, 6.45) is 5.43. The lowest BCUT2D eigenvalue weighted by Gasteiger charge is -2.41. The molecule has 9 nitrogen and oxygen atoms in total. The van der Waals surface area contributed by atoms with Crippen LogP contribution in [0, 0.1) is 6.57 Å². The van der Waals surface area contributed by atoms with E-state index in [2.05, 4.69) is 50.9 Å². The number of piperazine rings is 1. The molecule has 1 amide bonds. The number of allylic oxidation sites excluding steroid dienone is 1. The van der Waals surface area contributed by atoms with Crippen molar-refractivity contribution in [1.82, 2.24) is 19.8 Å². The third kappa shape index (κ3) is 8.26. The Bertz CT molecular complexity index is 1600. The molecule has 47 heavy (non-hydrogen) atoms. The van der Waals surface area contributed by atoms with E-state index >= 15 is 0 Å². The molecule has 2 aromatic carbocycles. The topological polar surface area (TPSA) is 69.4 Å². The zero-order chi connectivity index (χ0) is 30.6. The van der Waals surface area contributed by atoms with Gasteiger partial charge in [-0.3, -0.25) is 4.79 Å². The van der Waals surface area contributed by atoms with Crippen molar-refractivity contribution >= 4 is 66.8 Å². The summed E-state index contributed by atoms with van der Waals surface area (Å²) in [6, 6.07) is 12.5. The number of anilines is 2. The fraction of sp³-hybridized carbons (Fsp3) is 0.471. The molecule has 0 unspecified atom stereocenters. The second-order valence-electron chi connectivity index (χ2n) is 11.7. The normalized spacial score (nSPS) is 19.4. The van der Waals surface area contributed by atoms with Crippen LogP contribution in [0.1, 0.15) is 31.5 Å². The summed E-state index contributed by atoms with van der Waals surface area (Å²) in [7, 11) is 2.12. The van der Waals surface area contributed by atoms with Crippen LogP contribution in [0.25, 0.3) is 15.6 Å². The first-order valence-corrected chi connectivity index (χ1v) is 15.6. The van der Waals surface area contributed by atoms with E-state index in [-0.39, 0.29) is 52.9 Å². The number of hydrogen-bond donors (Lipinski definition) is 0. The van der Waals surface area contributed by atoms with E-state index in [0.29, 0.717) is 44.8 Å². The predicted molar refractivity (Wildman–Crippen MR) is 199 cm³/mol. The van der Waals surface area contributed by atoms with E-state index in [1.165, 1.54) is 12.2 Å². The van der Waals surface area contributed by atoms with Gasteiger partial charge in [0.25, 0.3) is 0 Å². The van der Waals surface area contributed by atoms with Gasteiger partial charge < -0.3 is 29.2 Å².